The minimum Gasteiger partial charge on any atom is -0.370 e. The van der Waals surface area contributed by atoms with E-state index in [1.807, 2.05) is 6.20 Å². The molecule has 1 N–H and O–H groups in total. The minimum atomic E-state index is 0.894. The van der Waals surface area contributed by atoms with Gasteiger partial charge in [-0.2, -0.15) is 0 Å². The summed E-state index contributed by atoms with van der Waals surface area (Å²) < 4.78 is 1.07. The fraction of sp³-hybridized carbons (Fsp3) is 0.500. The Labute approximate surface area is 86.9 Å². The summed E-state index contributed by atoms with van der Waals surface area (Å²) >= 11 is 3.43. The fourth-order valence-electron chi connectivity index (χ4n) is 1.21. The molecular weight excluding hydrogens is 228 g/mol. The van der Waals surface area contributed by atoms with Crippen LogP contribution in [0.1, 0.15) is 18.4 Å². The molecule has 3 heteroatoms. The number of pyridine rings is 1. The molecule has 1 heterocycles. The van der Waals surface area contributed by atoms with Crippen molar-refractivity contribution in [1.29, 1.82) is 0 Å². The van der Waals surface area contributed by atoms with Crippen molar-refractivity contribution in [2.45, 2.75) is 19.8 Å². The quantitative estimate of drug-likeness (QED) is 0.879. The summed E-state index contributed by atoms with van der Waals surface area (Å²) in [5.41, 5.74) is 1.23. The van der Waals surface area contributed by atoms with Crippen molar-refractivity contribution in [2.24, 2.45) is 5.92 Å². The molecule has 13 heavy (non-hydrogen) atoms. The highest BCUT2D eigenvalue weighted by atomic mass is 79.9. The minimum absolute atomic E-state index is 0.894. The second-order valence-electron chi connectivity index (χ2n) is 3.64. The predicted molar refractivity (Wildman–Crippen MR) is 57.9 cm³/mol. The molecule has 0 unspecified atom stereocenters. The standard InChI is InChI=1S/C10H13BrN2/c1-7-4-10(13-6-9(7)11)12-5-8-2-3-8/h4,6,8H,2-3,5H2,1H3,(H,12,13). The van der Waals surface area contributed by atoms with Crippen LogP contribution in [-0.2, 0) is 0 Å². The molecule has 1 aliphatic rings. The molecule has 0 bridgehead atoms. The molecule has 1 aliphatic carbocycles. The monoisotopic (exact) mass is 240 g/mol. The number of anilines is 1. The molecule has 0 amide bonds. The SMILES string of the molecule is Cc1cc(NCC2CC2)ncc1Br. The molecule has 1 fully saturated rings. The molecule has 2 rings (SSSR count). The smallest absolute Gasteiger partial charge is 0.126 e. The molecule has 70 valence electrons. The maximum atomic E-state index is 4.28. The molecule has 0 radical (unpaired) electrons. The van der Waals surface area contributed by atoms with E-state index in [0.29, 0.717) is 0 Å². The van der Waals surface area contributed by atoms with E-state index in [0.717, 1.165) is 22.8 Å². The van der Waals surface area contributed by atoms with Crippen molar-refractivity contribution in [2.75, 3.05) is 11.9 Å². The fourth-order valence-corrected chi connectivity index (χ4v) is 1.42. The van der Waals surface area contributed by atoms with Gasteiger partial charge >= 0.3 is 0 Å². The lowest BCUT2D eigenvalue weighted by Gasteiger charge is -2.05. The number of aryl methyl sites for hydroxylation is 1. The van der Waals surface area contributed by atoms with E-state index in [9.17, 15) is 0 Å². The Morgan fingerprint density at radius 3 is 3.00 bits per heavy atom. The maximum Gasteiger partial charge on any atom is 0.126 e. The van der Waals surface area contributed by atoms with Gasteiger partial charge in [0.1, 0.15) is 5.82 Å². The van der Waals surface area contributed by atoms with Gasteiger partial charge in [0, 0.05) is 17.2 Å². The molecule has 2 nitrogen and oxygen atoms in total. The first kappa shape index (κ1) is 9.00. The number of rotatable bonds is 3. The third-order valence-corrected chi connectivity index (χ3v) is 3.15. The third kappa shape index (κ3) is 2.44. The Bertz CT molecular complexity index is 308. The molecule has 0 saturated heterocycles. The zero-order valence-corrected chi connectivity index (χ0v) is 9.26. The largest absolute Gasteiger partial charge is 0.370 e. The first-order valence-electron chi connectivity index (χ1n) is 4.62. The van der Waals surface area contributed by atoms with Crippen molar-refractivity contribution >= 4 is 21.7 Å². The van der Waals surface area contributed by atoms with Crippen LogP contribution in [-0.4, -0.2) is 11.5 Å². The van der Waals surface area contributed by atoms with Gasteiger partial charge in [0.2, 0.25) is 0 Å². The van der Waals surface area contributed by atoms with Crippen LogP contribution < -0.4 is 5.32 Å². The summed E-state index contributed by atoms with van der Waals surface area (Å²) in [5.74, 6) is 1.89. The Balaban J connectivity index is 1.98. The van der Waals surface area contributed by atoms with Crippen LogP contribution in [0, 0.1) is 12.8 Å². The summed E-state index contributed by atoms with van der Waals surface area (Å²) in [5, 5.41) is 3.34. The number of aromatic nitrogens is 1. The lowest BCUT2D eigenvalue weighted by atomic mass is 10.3. The van der Waals surface area contributed by atoms with Crippen LogP contribution in [0.25, 0.3) is 0 Å². The predicted octanol–water partition coefficient (Wildman–Crippen LogP) is 2.97. The Hall–Kier alpha value is -0.570. The van der Waals surface area contributed by atoms with Gasteiger partial charge in [-0.15, -0.1) is 0 Å². The van der Waals surface area contributed by atoms with Crippen molar-refractivity contribution < 1.29 is 0 Å². The highest BCUT2D eigenvalue weighted by molar-refractivity contribution is 9.10. The van der Waals surface area contributed by atoms with E-state index in [-0.39, 0.29) is 0 Å². The second-order valence-corrected chi connectivity index (χ2v) is 4.50. The Morgan fingerprint density at radius 2 is 2.38 bits per heavy atom. The normalized spacial score (nSPS) is 15.8. The third-order valence-electron chi connectivity index (χ3n) is 2.32. The van der Waals surface area contributed by atoms with Gasteiger partial charge in [0.25, 0.3) is 0 Å². The van der Waals surface area contributed by atoms with E-state index in [1.165, 1.54) is 18.4 Å². The molecule has 1 saturated carbocycles. The topological polar surface area (TPSA) is 24.9 Å². The van der Waals surface area contributed by atoms with Gasteiger partial charge in [-0.1, -0.05) is 0 Å². The Kier molecular flexibility index (Phi) is 2.54. The maximum absolute atomic E-state index is 4.28. The number of halogens is 1. The van der Waals surface area contributed by atoms with Gasteiger partial charge < -0.3 is 5.32 Å². The van der Waals surface area contributed by atoms with Crippen molar-refractivity contribution in [3.8, 4) is 0 Å². The average molecular weight is 241 g/mol. The van der Waals surface area contributed by atoms with Crippen LogP contribution in [0.3, 0.4) is 0 Å². The van der Waals surface area contributed by atoms with Crippen LogP contribution in [0.15, 0.2) is 16.7 Å². The number of hydrogen-bond acceptors (Lipinski definition) is 2. The molecular formula is C10H13BrN2. The zero-order valence-electron chi connectivity index (χ0n) is 7.68. The van der Waals surface area contributed by atoms with E-state index in [2.05, 4.69) is 39.2 Å². The van der Waals surface area contributed by atoms with Gasteiger partial charge in [0.05, 0.1) is 0 Å². The van der Waals surface area contributed by atoms with Crippen LogP contribution in [0.5, 0.6) is 0 Å². The molecule has 0 spiro atoms. The average Bonchev–Trinajstić information content (AvgIpc) is 2.91. The van der Waals surface area contributed by atoms with Crippen molar-refractivity contribution in [3.05, 3.63) is 22.3 Å². The first-order valence-corrected chi connectivity index (χ1v) is 5.41. The lowest BCUT2D eigenvalue weighted by Crippen LogP contribution is -2.04. The number of nitrogens with zero attached hydrogens (tertiary/aromatic N) is 1. The van der Waals surface area contributed by atoms with Crippen LogP contribution >= 0.6 is 15.9 Å². The molecule has 1 aromatic rings. The molecule has 0 aliphatic heterocycles. The summed E-state index contributed by atoms with van der Waals surface area (Å²) in [6.45, 7) is 3.15. The highest BCUT2D eigenvalue weighted by Crippen LogP contribution is 2.28. The summed E-state index contributed by atoms with van der Waals surface area (Å²) in [6.07, 6.45) is 4.61. The van der Waals surface area contributed by atoms with E-state index >= 15 is 0 Å². The van der Waals surface area contributed by atoms with Crippen LogP contribution in [0.4, 0.5) is 5.82 Å². The Morgan fingerprint density at radius 1 is 1.62 bits per heavy atom. The van der Waals surface area contributed by atoms with E-state index < -0.39 is 0 Å². The molecule has 0 atom stereocenters. The summed E-state index contributed by atoms with van der Waals surface area (Å²) in [4.78, 5) is 4.28. The second kappa shape index (κ2) is 3.66. The lowest BCUT2D eigenvalue weighted by molar-refractivity contribution is 0.882. The summed E-state index contributed by atoms with van der Waals surface area (Å²) in [7, 11) is 0. The van der Waals surface area contributed by atoms with Crippen molar-refractivity contribution in [3.63, 3.8) is 0 Å². The van der Waals surface area contributed by atoms with Gasteiger partial charge in [-0.25, -0.2) is 4.98 Å². The number of hydrogen-bond donors (Lipinski definition) is 1. The van der Waals surface area contributed by atoms with E-state index in [4.69, 9.17) is 0 Å². The molecule has 0 aromatic carbocycles. The van der Waals surface area contributed by atoms with E-state index in [1.54, 1.807) is 0 Å². The molecule has 1 aromatic heterocycles. The van der Waals surface area contributed by atoms with Gasteiger partial charge in [0.15, 0.2) is 0 Å². The highest BCUT2D eigenvalue weighted by Gasteiger charge is 2.20. The van der Waals surface area contributed by atoms with Crippen molar-refractivity contribution in [1.82, 2.24) is 4.98 Å². The first-order chi connectivity index (χ1) is 6.25. The summed E-state index contributed by atoms with van der Waals surface area (Å²) in [6, 6.07) is 2.08. The van der Waals surface area contributed by atoms with Gasteiger partial charge in [-0.3, -0.25) is 0 Å². The zero-order chi connectivity index (χ0) is 9.26. The van der Waals surface area contributed by atoms with Crippen LogP contribution in [0.2, 0.25) is 0 Å². The number of nitrogens with one attached hydrogen (secondary N) is 1. The van der Waals surface area contributed by atoms with Gasteiger partial charge in [-0.05, 0) is 53.2 Å².